The van der Waals surface area contributed by atoms with Crippen molar-refractivity contribution in [1.29, 1.82) is 0 Å². The van der Waals surface area contributed by atoms with Gasteiger partial charge in [0.15, 0.2) is 0 Å². The molecule has 1 aliphatic rings. The predicted molar refractivity (Wildman–Crippen MR) is 70.1 cm³/mol. The van der Waals surface area contributed by atoms with E-state index in [9.17, 15) is 4.79 Å². The molecule has 2 rings (SSSR count). The molecular weight excluding hydrogens is 212 g/mol. The van der Waals surface area contributed by atoms with Crippen LogP contribution >= 0.6 is 0 Å². The second-order valence-electron chi connectivity index (χ2n) is 5.35. The lowest BCUT2D eigenvalue weighted by atomic mass is 9.95. The summed E-state index contributed by atoms with van der Waals surface area (Å²) in [6, 6.07) is 4.22. The van der Waals surface area contributed by atoms with Crippen molar-refractivity contribution >= 4 is 0 Å². The molecule has 0 spiro atoms. The second kappa shape index (κ2) is 5.50. The van der Waals surface area contributed by atoms with Crippen molar-refractivity contribution in [3.8, 4) is 0 Å². The topological polar surface area (TPSA) is 36.1 Å². The quantitative estimate of drug-likeness (QED) is 0.872. The molecule has 0 unspecified atom stereocenters. The molecule has 0 bridgehead atoms. The van der Waals surface area contributed by atoms with Crippen molar-refractivity contribution in [2.75, 3.05) is 13.1 Å². The minimum Gasteiger partial charge on any atom is -0.329 e. The largest absolute Gasteiger partial charge is 0.329 e. The van der Waals surface area contributed by atoms with E-state index in [1.807, 2.05) is 12.1 Å². The van der Waals surface area contributed by atoms with Crippen LogP contribution in [0.5, 0.6) is 0 Å². The molecule has 1 fully saturated rings. The Morgan fingerprint density at radius 1 is 1.47 bits per heavy atom. The van der Waals surface area contributed by atoms with E-state index in [4.69, 9.17) is 0 Å². The molecule has 2 heterocycles. The van der Waals surface area contributed by atoms with E-state index in [2.05, 4.69) is 23.7 Å². The molecular formula is C14H22N2O. The maximum atomic E-state index is 11.9. The monoisotopic (exact) mass is 234 g/mol. The predicted octanol–water partition coefficient (Wildman–Crippen LogP) is 2.56. The van der Waals surface area contributed by atoms with Gasteiger partial charge >= 0.3 is 0 Å². The highest BCUT2D eigenvalue weighted by molar-refractivity contribution is 5.15. The first-order chi connectivity index (χ1) is 8.18. The van der Waals surface area contributed by atoms with Crippen LogP contribution in [0.15, 0.2) is 23.1 Å². The Kier molecular flexibility index (Phi) is 4.00. The molecule has 1 N–H and O–H groups in total. The average molecular weight is 234 g/mol. The summed E-state index contributed by atoms with van der Waals surface area (Å²) in [7, 11) is 0. The van der Waals surface area contributed by atoms with E-state index in [1.54, 1.807) is 6.20 Å². The van der Waals surface area contributed by atoms with Crippen LogP contribution in [0.2, 0.25) is 0 Å². The third-order valence-electron chi connectivity index (χ3n) is 3.42. The zero-order valence-electron chi connectivity index (χ0n) is 10.8. The van der Waals surface area contributed by atoms with E-state index in [1.165, 1.54) is 12.8 Å². The lowest BCUT2D eigenvalue weighted by Gasteiger charge is -2.36. The van der Waals surface area contributed by atoms with Gasteiger partial charge in [0.05, 0.1) is 0 Å². The van der Waals surface area contributed by atoms with Crippen molar-refractivity contribution in [3.05, 3.63) is 34.2 Å². The van der Waals surface area contributed by atoms with E-state index >= 15 is 0 Å². The molecule has 0 radical (unpaired) electrons. The van der Waals surface area contributed by atoms with Crippen LogP contribution in [-0.2, 0) is 0 Å². The summed E-state index contributed by atoms with van der Waals surface area (Å²) in [5.74, 6) is 0.651. The van der Waals surface area contributed by atoms with Crippen molar-refractivity contribution in [2.45, 2.75) is 39.2 Å². The summed E-state index contributed by atoms with van der Waals surface area (Å²) < 4.78 is 0. The van der Waals surface area contributed by atoms with E-state index in [0.29, 0.717) is 12.0 Å². The molecule has 17 heavy (non-hydrogen) atoms. The Morgan fingerprint density at radius 3 is 3.00 bits per heavy atom. The maximum absolute atomic E-state index is 11.9. The normalized spacial score (nSPS) is 21.9. The Labute approximate surface area is 103 Å². The van der Waals surface area contributed by atoms with Gasteiger partial charge < -0.3 is 4.98 Å². The van der Waals surface area contributed by atoms with Crippen molar-refractivity contribution in [3.63, 3.8) is 0 Å². The van der Waals surface area contributed by atoms with Crippen molar-refractivity contribution < 1.29 is 0 Å². The number of hydrogen-bond donors (Lipinski definition) is 1. The summed E-state index contributed by atoms with van der Waals surface area (Å²) in [4.78, 5) is 17.1. The molecule has 1 atom stereocenters. The zero-order valence-corrected chi connectivity index (χ0v) is 10.8. The first kappa shape index (κ1) is 12.4. The Bertz CT molecular complexity index is 411. The number of aromatic amines is 1. The van der Waals surface area contributed by atoms with Gasteiger partial charge in [0, 0.05) is 24.3 Å². The number of piperidine rings is 1. The average Bonchev–Trinajstić information content (AvgIpc) is 2.30. The molecule has 0 aliphatic carbocycles. The first-order valence-corrected chi connectivity index (χ1v) is 6.60. The fourth-order valence-corrected chi connectivity index (χ4v) is 2.73. The van der Waals surface area contributed by atoms with Crippen LogP contribution in [0, 0.1) is 5.92 Å². The van der Waals surface area contributed by atoms with Gasteiger partial charge in [-0.2, -0.15) is 0 Å². The summed E-state index contributed by atoms with van der Waals surface area (Å²) in [6.45, 7) is 6.68. The highest BCUT2D eigenvalue weighted by atomic mass is 16.1. The smallest absolute Gasteiger partial charge is 0.252 e. The van der Waals surface area contributed by atoms with Gasteiger partial charge in [0.25, 0.3) is 5.56 Å². The van der Waals surface area contributed by atoms with Crippen LogP contribution in [-0.4, -0.2) is 23.0 Å². The molecule has 1 aromatic heterocycles. The molecule has 94 valence electrons. The Balaban J connectivity index is 2.22. The summed E-state index contributed by atoms with van der Waals surface area (Å²) in [5, 5.41) is 0. The van der Waals surface area contributed by atoms with E-state index in [0.717, 1.165) is 25.1 Å². The maximum Gasteiger partial charge on any atom is 0.252 e. The number of likely N-dealkylation sites (tertiary alicyclic amines) is 1. The van der Waals surface area contributed by atoms with Crippen molar-refractivity contribution in [2.24, 2.45) is 5.92 Å². The van der Waals surface area contributed by atoms with Gasteiger partial charge in [-0.3, -0.25) is 9.69 Å². The van der Waals surface area contributed by atoms with Crippen LogP contribution in [0.1, 0.15) is 44.7 Å². The molecule has 0 saturated carbocycles. The third kappa shape index (κ3) is 2.97. The molecule has 1 aliphatic heterocycles. The number of nitrogens with one attached hydrogen (secondary N) is 1. The van der Waals surface area contributed by atoms with Crippen LogP contribution in [0.25, 0.3) is 0 Å². The van der Waals surface area contributed by atoms with Crippen LogP contribution in [0.3, 0.4) is 0 Å². The molecule has 3 heteroatoms. The summed E-state index contributed by atoms with van der Waals surface area (Å²) in [6.07, 6.45) is 5.31. The fourth-order valence-electron chi connectivity index (χ4n) is 2.73. The van der Waals surface area contributed by atoms with Gasteiger partial charge in [0.1, 0.15) is 0 Å². The van der Waals surface area contributed by atoms with Gasteiger partial charge in [-0.15, -0.1) is 0 Å². The van der Waals surface area contributed by atoms with Gasteiger partial charge in [0.2, 0.25) is 0 Å². The van der Waals surface area contributed by atoms with Crippen molar-refractivity contribution in [1.82, 2.24) is 9.88 Å². The zero-order chi connectivity index (χ0) is 12.3. The highest BCUT2D eigenvalue weighted by Gasteiger charge is 2.25. The van der Waals surface area contributed by atoms with E-state index in [-0.39, 0.29) is 5.56 Å². The van der Waals surface area contributed by atoms with Gasteiger partial charge in [-0.05, 0) is 31.4 Å². The molecule has 1 aromatic rings. The number of nitrogens with zero attached hydrogens (tertiary/aromatic N) is 1. The first-order valence-electron chi connectivity index (χ1n) is 6.60. The SMILES string of the molecule is CC(C)CN1CCCC[C@H]1c1ccc[nH]c1=O. The number of aromatic nitrogens is 1. The lowest BCUT2D eigenvalue weighted by Crippen LogP contribution is -2.38. The summed E-state index contributed by atoms with van der Waals surface area (Å²) in [5.41, 5.74) is 1.01. The summed E-state index contributed by atoms with van der Waals surface area (Å²) >= 11 is 0. The Morgan fingerprint density at radius 2 is 2.29 bits per heavy atom. The van der Waals surface area contributed by atoms with Gasteiger partial charge in [-0.1, -0.05) is 26.3 Å². The molecule has 3 nitrogen and oxygen atoms in total. The molecule has 0 amide bonds. The highest BCUT2D eigenvalue weighted by Crippen LogP contribution is 2.29. The molecule has 1 saturated heterocycles. The third-order valence-corrected chi connectivity index (χ3v) is 3.42. The molecule has 0 aromatic carbocycles. The van der Waals surface area contributed by atoms with Crippen LogP contribution in [0.4, 0.5) is 0 Å². The number of hydrogen-bond acceptors (Lipinski definition) is 2. The standard InChI is InChI=1S/C14H22N2O/c1-11(2)10-16-9-4-3-7-13(16)12-6-5-8-15-14(12)17/h5-6,8,11,13H,3-4,7,9-10H2,1-2H3,(H,15,17)/t13-/m0/s1. The van der Waals surface area contributed by atoms with E-state index < -0.39 is 0 Å². The number of H-pyrrole nitrogens is 1. The second-order valence-corrected chi connectivity index (χ2v) is 5.35. The number of rotatable bonds is 3. The minimum atomic E-state index is 0.0770. The fraction of sp³-hybridized carbons (Fsp3) is 0.643. The Hall–Kier alpha value is -1.09. The van der Waals surface area contributed by atoms with Crippen LogP contribution < -0.4 is 5.56 Å². The number of pyridine rings is 1. The van der Waals surface area contributed by atoms with Gasteiger partial charge in [-0.25, -0.2) is 0 Å². The minimum absolute atomic E-state index is 0.0770. The lowest BCUT2D eigenvalue weighted by molar-refractivity contribution is 0.131.